The quantitative estimate of drug-likeness (QED) is 0.141. The molecule has 3 amide bonds. The van der Waals surface area contributed by atoms with Crippen LogP contribution in [0.25, 0.3) is 0 Å². The van der Waals surface area contributed by atoms with Crippen LogP contribution in [0.15, 0.2) is 12.5 Å². The maximum Gasteiger partial charge on any atom is 0.327 e. The number of carbonyl (C=O) groups excluding carboxylic acids is 3. The SMILES string of the molecule is CC(O)C(N)C(=O)NC(C(=O)NC(Cc1cnc[nH]1)C(=O)NC(CS)C(=O)O)C(C)O. The third-order valence-corrected chi connectivity index (χ3v) is 4.66. The van der Waals surface area contributed by atoms with Crippen molar-refractivity contribution in [3.8, 4) is 0 Å². The number of hydrogen-bond acceptors (Lipinski definition) is 9. The molecule has 6 atom stereocenters. The molecule has 14 heteroatoms. The highest BCUT2D eigenvalue weighted by Crippen LogP contribution is 2.03. The normalized spacial score (nSPS) is 16.8. The minimum Gasteiger partial charge on any atom is -0.480 e. The number of carboxylic acid groups (broad SMARTS) is 1. The number of aliphatic hydroxyl groups excluding tert-OH is 2. The summed E-state index contributed by atoms with van der Waals surface area (Å²) < 4.78 is 0. The highest BCUT2D eigenvalue weighted by Gasteiger charge is 2.33. The van der Waals surface area contributed by atoms with Gasteiger partial charge in [0.15, 0.2) is 0 Å². The Balaban J connectivity index is 3.00. The van der Waals surface area contributed by atoms with Crippen molar-refractivity contribution in [2.45, 2.75) is 56.6 Å². The van der Waals surface area contributed by atoms with Crippen LogP contribution in [0.2, 0.25) is 0 Å². The third-order valence-electron chi connectivity index (χ3n) is 4.29. The fourth-order valence-electron chi connectivity index (χ4n) is 2.42. The molecule has 0 radical (unpaired) electrons. The highest BCUT2D eigenvalue weighted by atomic mass is 32.1. The Labute approximate surface area is 183 Å². The summed E-state index contributed by atoms with van der Waals surface area (Å²) in [7, 11) is 0. The number of nitrogens with one attached hydrogen (secondary N) is 4. The molecule has 0 spiro atoms. The summed E-state index contributed by atoms with van der Waals surface area (Å²) in [6.07, 6.45) is 0.117. The van der Waals surface area contributed by atoms with E-state index in [0.29, 0.717) is 5.69 Å². The summed E-state index contributed by atoms with van der Waals surface area (Å²) in [5.74, 6) is -4.11. The van der Waals surface area contributed by atoms with E-state index in [4.69, 9.17) is 10.8 Å². The lowest BCUT2D eigenvalue weighted by Crippen LogP contribution is -2.61. The van der Waals surface area contributed by atoms with Gasteiger partial charge in [-0.15, -0.1) is 0 Å². The van der Waals surface area contributed by atoms with Gasteiger partial charge in [0, 0.05) is 24.1 Å². The molecule has 31 heavy (non-hydrogen) atoms. The smallest absolute Gasteiger partial charge is 0.327 e. The molecular formula is C17H28N6O7S. The van der Waals surface area contributed by atoms with E-state index in [0.717, 1.165) is 0 Å². The number of nitrogens with zero attached hydrogens (tertiary/aromatic N) is 1. The van der Waals surface area contributed by atoms with Crippen LogP contribution in [0.4, 0.5) is 0 Å². The van der Waals surface area contributed by atoms with Gasteiger partial charge in [-0.25, -0.2) is 9.78 Å². The van der Waals surface area contributed by atoms with Gasteiger partial charge in [0.05, 0.1) is 18.5 Å². The van der Waals surface area contributed by atoms with E-state index in [2.05, 4.69) is 38.5 Å². The summed E-state index contributed by atoms with van der Waals surface area (Å²) in [6.45, 7) is 2.52. The van der Waals surface area contributed by atoms with Gasteiger partial charge in [0.25, 0.3) is 0 Å². The maximum absolute atomic E-state index is 12.7. The predicted molar refractivity (Wildman–Crippen MR) is 111 cm³/mol. The van der Waals surface area contributed by atoms with Crippen LogP contribution in [0.3, 0.4) is 0 Å². The molecule has 0 bridgehead atoms. The second-order valence-corrected chi connectivity index (χ2v) is 7.28. The molecule has 1 aromatic heterocycles. The van der Waals surface area contributed by atoms with Crippen LogP contribution in [0, 0.1) is 0 Å². The number of rotatable bonds is 12. The summed E-state index contributed by atoms with van der Waals surface area (Å²) in [6, 6.07) is -5.40. The lowest BCUT2D eigenvalue weighted by atomic mass is 10.1. The van der Waals surface area contributed by atoms with Crippen molar-refractivity contribution in [1.82, 2.24) is 25.9 Å². The first-order valence-corrected chi connectivity index (χ1v) is 9.94. The summed E-state index contributed by atoms with van der Waals surface area (Å²) in [4.78, 5) is 55.2. The Bertz CT molecular complexity index is 758. The standard InChI is InChI=1S/C17H28N6O7S/c1-7(24)12(18)15(27)23-13(8(2)25)16(28)21-10(3-9-4-19-6-20-9)14(26)22-11(5-31)17(29)30/h4,6-8,10-13,24-25,31H,3,5,18H2,1-2H3,(H,19,20)(H,21,28)(H,22,26)(H,23,27)(H,29,30). The molecule has 0 aliphatic carbocycles. The van der Waals surface area contributed by atoms with Crippen LogP contribution in [-0.2, 0) is 25.6 Å². The van der Waals surface area contributed by atoms with Crippen molar-refractivity contribution in [2.24, 2.45) is 5.73 Å². The number of aromatic amines is 1. The van der Waals surface area contributed by atoms with E-state index in [-0.39, 0.29) is 12.2 Å². The number of aliphatic carboxylic acids is 1. The molecule has 0 aromatic carbocycles. The molecule has 0 aliphatic heterocycles. The Morgan fingerprint density at radius 1 is 1.06 bits per heavy atom. The minimum atomic E-state index is -1.49. The van der Waals surface area contributed by atoms with Crippen molar-refractivity contribution in [2.75, 3.05) is 5.75 Å². The Morgan fingerprint density at radius 3 is 2.13 bits per heavy atom. The number of nitrogens with two attached hydrogens (primary N) is 1. The van der Waals surface area contributed by atoms with Crippen molar-refractivity contribution in [3.63, 3.8) is 0 Å². The molecule has 1 rings (SSSR count). The molecule has 1 aromatic rings. The number of aliphatic hydroxyl groups is 2. The zero-order chi connectivity index (χ0) is 23.7. The molecule has 0 saturated carbocycles. The second-order valence-electron chi connectivity index (χ2n) is 6.92. The number of amides is 3. The van der Waals surface area contributed by atoms with E-state index in [1.54, 1.807) is 0 Å². The van der Waals surface area contributed by atoms with Gasteiger partial charge in [-0.2, -0.15) is 12.6 Å². The van der Waals surface area contributed by atoms with E-state index < -0.39 is 60.1 Å². The predicted octanol–water partition coefficient (Wildman–Crippen LogP) is -3.49. The number of carbonyl (C=O) groups is 4. The zero-order valence-electron chi connectivity index (χ0n) is 17.0. The van der Waals surface area contributed by atoms with E-state index in [1.807, 2.05) is 0 Å². The fraction of sp³-hybridized carbons (Fsp3) is 0.588. The third kappa shape index (κ3) is 8.16. The Morgan fingerprint density at radius 2 is 1.68 bits per heavy atom. The number of thiol groups is 1. The molecule has 1 heterocycles. The van der Waals surface area contributed by atoms with Gasteiger partial charge in [0.2, 0.25) is 17.7 Å². The number of hydrogen-bond donors (Lipinski definition) is 9. The monoisotopic (exact) mass is 460 g/mol. The molecule has 13 nitrogen and oxygen atoms in total. The molecule has 6 unspecified atom stereocenters. The van der Waals surface area contributed by atoms with E-state index >= 15 is 0 Å². The molecule has 9 N–H and O–H groups in total. The van der Waals surface area contributed by atoms with Crippen molar-refractivity contribution < 1.29 is 34.5 Å². The molecule has 0 saturated heterocycles. The minimum absolute atomic E-state index is 0.0792. The number of imidazole rings is 1. The molecular weight excluding hydrogens is 432 g/mol. The van der Waals surface area contributed by atoms with Crippen molar-refractivity contribution in [3.05, 3.63) is 18.2 Å². The average molecular weight is 461 g/mol. The maximum atomic E-state index is 12.7. The lowest BCUT2D eigenvalue weighted by molar-refractivity contribution is -0.141. The van der Waals surface area contributed by atoms with Gasteiger partial charge < -0.3 is 42.0 Å². The Hall–Kier alpha value is -2.68. The average Bonchev–Trinajstić information content (AvgIpc) is 3.20. The molecule has 174 valence electrons. The van der Waals surface area contributed by atoms with Crippen LogP contribution in [0.5, 0.6) is 0 Å². The number of carboxylic acids is 1. The van der Waals surface area contributed by atoms with Gasteiger partial charge in [-0.1, -0.05) is 0 Å². The summed E-state index contributed by atoms with van der Waals surface area (Å²) in [5, 5.41) is 35.4. The lowest BCUT2D eigenvalue weighted by Gasteiger charge is -2.26. The Kier molecular flexibility index (Phi) is 10.4. The first kappa shape index (κ1) is 26.4. The highest BCUT2D eigenvalue weighted by molar-refractivity contribution is 7.80. The van der Waals surface area contributed by atoms with Crippen LogP contribution >= 0.6 is 12.6 Å². The van der Waals surface area contributed by atoms with Crippen molar-refractivity contribution >= 4 is 36.3 Å². The van der Waals surface area contributed by atoms with Crippen LogP contribution < -0.4 is 21.7 Å². The second kappa shape index (κ2) is 12.2. The number of aromatic nitrogens is 2. The van der Waals surface area contributed by atoms with Crippen LogP contribution in [-0.4, -0.2) is 91.1 Å². The van der Waals surface area contributed by atoms with Gasteiger partial charge >= 0.3 is 5.97 Å². The fourth-order valence-corrected chi connectivity index (χ4v) is 2.67. The first-order chi connectivity index (χ1) is 14.5. The largest absolute Gasteiger partial charge is 0.480 e. The number of H-pyrrole nitrogens is 1. The van der Waals surface area contributed by atoms with Crippen LogP contribution in [0.1, 0.15) is 19.5 Å². The van der Waals surface area contributed by atoms with Gasteiger partial charge in [0.1, 0.15) is 24.2 Å². The summed E-state index contributed by atoms with van der Waals surface area (Å²) in [5.41, 5.74) is 6.00. The van der Waals surface area contributed by atoms with Crippen molar-refractivity contribution in [1.29, 1.82) is 0 Å². The first-order valence-electron chi connectivity index (χ1n) is 9.31. The van der Waals surface area contributed by atoms with E-state index in [1.165, 1.54) is 26.4 Å². The van der Waals surface area contributed by atoms with Gasteiger partial charge in [-0.05, 0) is 13.8 Å². The zero-order valence-corrected chi connectivity index (χ0v) is 17.9. The molecule has 0 aliphatic rings. The molecule has 0 fully saturated rings. The van der Waals surface area contributed by atoms with E-state index in [9.17, 15) is 29.4 Å². The topological polar surface area (TPSA) is 220 Å². The van der Waals surface area contributed by atoms with Gasteiger partial charge in [-0.3, -0.25) is 14.4 Å². The summed E-state index contributed by atoms with van der Waals surface area (Å²) >= 11 is 3.88.